The van der Waals surface area contributed by atoms with E-state index in [9.17, 15) is 38.4 Å². The molecule has 2 unspecified atom stereocenters. The van der Waals surface area contributed by atoms with E-state index in [0.717, 1.165) is 54.0 Å². The van der Waals surface area contributed by atoms with Gasteiger partial charge in [-0.2, -0.15) is 0 Å². The molecular weight excluding hydrogens is 766 g/mol. The summed E-state index contributed by atoms with van der Waals surface area (Å²) in [6.07, 6.45) is -16.8. The summed E-state index contributed by atoms with van der Waals surface area (Å²) in [5, 5.41) is 2.50. The van der Waals surface area contributed by atoms with Crippen molar-refractivity contribution in [2.45, 2.75) is 116 Å². The summed E-state index contributed by atoms with van der Waals surface area (Å²) in [5.74, 6) is -6.07. The van der Waals surface area contributed by atoms with E-state index in [0.29, 0.717) is 0 Å². The first-order chi connectivity index (χ1) is 26.9. The van der Waals surface area contributed by atoms with E-state index in [1.165, 1.54) is 0 Å². The number of amides is 1. The van der Waals surface area contributed by atoms with Gasteiger partial charge in [0.15, 0.2) is 43.1 Å². The minimum Gasteiger partial charge on any atom is -0.463 e. The molecule has 2 aliphatic rings. The minimum atomic E-state index is -1.83. The second-order valence-corrected chi connectivity index (χ2v) is 12.5. The van der Waals surface area contributed by atoms with Gasteiger partial charge in [0.1, 0.15) is 38.1 Å². The Morgan fingerprint density at radius 1 is 0.526 bits per heavy atom. The number of rotatable bonds is 17. The van der Waals surface area contributed by atoms with Gasteiger partial charge in [-0.05, 0) is 5.56 Å². The van der Waals surface area contributed by atoms with Crippen molar-refractivity contribution in [1.82, 2.24) is 5.32 Å². The molecule has 1 N–H and O–H groups in total. The van der Waals surface area contributed by atoms with Gasteiger partial charge in [-0.15, -0.1) is 0 Å². The molecule has 21 heteroatoms. The number of esters is 7. The molecule has 0 aromatic heterocycles. The molecule has 57 heavy (non-hydrogen) atoms. The molecule has 2 heterocycles. The predicted octanol–water partition coefficient (Wildman–Crippen LogP) is 0.549. The first kappa shape index (κ1) is 46.0. The summed E-state index contributed by atoms with van der Waals surface area (Å²) in [4.78, 5) is 98.1. The van der Waals surface area contributed by atoms with Crippen LogP contribution >= 0.6 is 0 Å². The molecule has 0 aliphatic carbocycles. The van der Waals surface area contributed by atoms with Crippen LogP contribution in [0.2, 0.25) is 0 Å². The lowest BCUT2D eigenvalue weighted by molar-refractivity contribution is -0.361. The van der Waals surface area contributed by atoms with Gasteiger partial charge in [0, 0.05) is 55.0 Å². The molecule has 0 radical (unpaired) electrons. The number of carbonyl (C=O) groups excluding carboxylic acids is 8. The van der Waals surface area contributed by atoms with Crippen molar-refractivity contribution in [2.24, 2.45) is 0 Å². The number of benzene rings is 1. The lowest BCUT2D eigenvalue weighted by Crippen LogP contribution is -2.67. The Kier molecular flexibility index (Phi) is 18.1. The molecule has 1 amide bonds. The molecule has 2 saturated heterocycles. The maximum Gasteiger partial charge on any atom is 0.407 e. The average Bonchev–Trinajstić information content (AvgIpc) is 3.11. The number of carbonyl (C=O) groups is 8. The van der Waals surface area contributed by atoms with E-state index >= 15 is 0 Å². The van der Waals surface area contributed by atoms with E-state index in [4.69, 9.17) is 56.8 Å². The van der Waals surface area contributed by atoms with E-state index in [-0.39, 0.29) is 19.8 Å². The topological polar surface area (TPSA) is 259 Å². The van der Waals surface area contributed by atoms with Gasteiger partial charge in [0.05, 0.1) is 6.61 Å². The first-order valence-electron chi connectivity index (χ1n) is 17.6. The highest BCUT2D eigenvalue weighted by Gasteiger charge is 2.57. The standard InChI is InChI=1S/C36H47NO20/c1-18(38)47-16-26-28(50-20(3)40)30(51-21(4)41)33(54-24(7)44)35(56-26)57-29-27(17-48-19(2)39)55-34(32(53-23(6)43)31(29)52-22(5)42)46-14-13-37-36(45)49-15-25-11-9-8-10-12-25/h8-12,26-35H,13-17H2,1-7H3,(H,37,45)/t26-,27-,28+,29-,30+,31+,32-,33-,34?,35?/m1/s1. The highest BCUT2D eigenvalue weighted by molar-refractivity contribution is 5.69. The third-order valence-electron chi connectivity index (χ3n) is 7.75. The van der Waals surface area contributed by atoms with E-state index < -0.39 is 123 Å². The number of hydrogen-bond acceptors (Lipinski definition) is 20. The molecule has 2 aliphatic heterocycles. The quantitative estimate of drug-likeness (QED) is 0.128. The van der Waals surface area contributed by atoms with Crippen LogP contribution in [0.25, 0.3) is 0 Å². The Morgan fingerprint density at radius 2 is 0.965 bits per heavy atom. The Bertz CT molecular complexity index is 1570. The zero-order valence-electron chi connectivity index (χ0n) is 32.4. The number of ether oxygens (including phenoxy) is 12. The largest absolute Gasteiger partial charge is 0.463 e. The summed E-state index contributed by atoms with van der Waals surface area (Å²) < 4.78 is 67.3. The van der Waals surface area contributed by atoms with E-state index in [2.05, 4.69) is 5.32 Å². The van der Waals surface area contributed by atoms with Crippen molar-refractivity contribution in [1.29, 1.82) is 0 Å². The van der Waals surface area contributed by atoms with Crippen LogP contribution in [0, 0.1) is 0 Å². The van der Waals surface area contributed by atoms with Gasteiger partial charge < -0.3 is 62.2 Å². The molecule has 10 atom stereocenters. The van der Waals surface area contributed by atoms with Gasteiger partial charge in [-0.25, -0.2) is 4.79 Å². The number of nitrogens with one attached hydrogen (secondary N) is 1. The third-order valence-corrected chi connectivity index (χ3v) is 7.75. The van der Waals surface area contributed by atoms with Crippen LogP contribution in [0.5, 0.6) is 0 Å². The normalized spacial score (nSPS) is 26.7. The Labute approximate surface area is 327 Å². The monoisotopic (exact) mass is 813 g/mol. The fourth-order valence-electron chi connectivity index (χ4n) is 5.71. The van der Waals surface area contributed by atoms with Gasteiger partial charge in [-0.1, -0.05) is 30.3 Å². The molecular formula is C36H47NO20. The minimum absolute atomic E-state index is 0.00335. The summed E-state index contributed by atoms with van der Waals surface area (Å²) in [6, 6.07) is 8.91. The van der Waals surface area contributed by atoms with Crippen LogP contribution in [-0.2, 0) is 97.0 Å². The maximum absolute atomic E-state index is 12.6. The first-order valence-corrected chi connectivity index (χ1v) is 17.6. The molecule has 0 saturated carbocycles. The summed E-state index contributed by atoms with van der Waals surface area (Å²) >= 11 is 0. The molecule has 1 aromatic rings. The SMILES string of the molecule is CC(=O)OC[C@H]1OC(O[C@H]2[C@H](OC(C)=O)[C@@H](OC(C)=O)C(OCCNC(=O)OCc3ccccc3)O[C@@H]2COC(C)=O)[C@H](OC(C)=O)[C@@H](OC(C)=O)[C@H]1OC(C)=O. The van der Waals surface area contributed by atoms with Crippen molar-refractivity contribution in [2.75, 3.05) is 26.4 Å². The van der Waals surface area contributed by atoms with Crippen molar-refractivity contribution in [3.8, 4) is 0 Å². The van der Waals surface area contributed by atoms with Gasteiger partial charge in [-0.3, -0.25) is 33.6 Å². The second-order valence-electron chi connectivity index (χ2n) is 12.5. The third kappa shape index (κ3) is 15.2. The van der Waals surface area contributed by atoms with Gasteiger partial charge >= 0.3 is 47.9 Å². The number of alkyl carbamates (subject to hydrolysis) is 1. The highest BCUT2D eigenvalue weighted by atomic mass is 16.8. The summed E-state index contributed by atoms with van der Waals surface area (Å²) in [7, 11) is 0. The molecule has 21 nitrogen and oxygen atoms in total. The van der Waals surface area contributed by atoms with E-state index in [1.807, 2.05) is 6.07 Å². The fourth-order valence-corrected chi connectivity index (χ4v) is 5.71. The van der Waals surface area contributed by atoms with Crippen molar-refractivity contribution >= 4 is 47.9 Å². The summed E-state index contributed by atoms with van der Waals surface area (Å²) in [5.41, 5.74) is 0.750. The van der Waals surface area contributed by atoms with Crippen LogP contribution < -0.4 is 5.32 Å². The zero-order valence-corrected chi connectivity index (χ0v) is 32.4. The smallest absolute Gasteiger partial charge is 0.407 e. The Morgan fingerprint density at radius 3 is 1.47 bits per heavy atom. The molecule has 316 valence electrons. The van der Waals surface area contributed by atoms with Crippen molar-refractivity contribution in [3.63, 3.8) is 0 Å². The van der Waals surface area contributed by atoms with Crippen molar-refractivity contribution in [3.05, 3.63) is 35.9 Å². The molecule has 2 fully saturated rings. The molecule has 1 aromatic carbocycles. The highest BCUT2D eigenvalue weighted by Crippen LogP contribution is 2.35. The summed E-state index contributed by atoms with van der Waals surface area (Å²) in [6.45, 7) is 5.74. The van der Waals surface area contributed by atoms with Crippen LogP contribution in [-0.4, -0.2) is 136 Å². The molecule has 3 rings (SSSR count). The molecule has 0 spiro atoms. The number of hydrogen-bond donors (Lipinski definition) is 1. The van der Waals surface area contributed by atoms with Gasteiger partial charge in [0.2, 0.25) is 0 Å². The van der Waals surface area contributed by atoms with Crippen LogP contribution in [0.15, 0.2) is 30.3 Å². The zero-order chi connectivity index (χ0) is 42.2. The Balaban J connectivity index is 1.98. The second kappa shape index (κ2) is 22.4. The fraction of sp³-hybridized carbons (Fsp3) is 0.611. The Hall–Kier alpha value is -5.38. The lowest BCUT2D eigenvalue weighted by Gasteiger charge is -2.48. The van der Waals surface area contributed by atoms with E-state index in [1.54, 1.807) is 24.3 Å². The van der Waals surface area contributed by atoms with Crippen LogP contribution in [0.3, 0.4) is 0 Å². The average molecular weight is 814 g/mol. The van der Waals surface area contributed by atoms with Crippen LogP contribution in [0.4, 0.5) is 4.79 Å². The maximum atomic E-state index is 12.6. The predicted molar refractivity (Wildman–Crippen MR) is 184 cm³/mol. The van der Waals surface area contributed by atoms with Crippen molar-refractivity contribution < 1.29 is 95.2 Å². The molecule has 0 bridgehead atoms. The van der Waals surface area contributed by atoms with Crippen LogP contribution in [0.1, 0.15) is 54.0 Å². The lowest BCUT2D eigenvalue weighted by atomic mass is 9.96. The van der Waals surface area contributed by atoms with Gasteiger partial charge in [0.25, 0.3) is 0 Å².